The monoisotopic (exact) mass is 149 g/mol. The Hall–Kier alpha value is 0.557. The van der Waals surface area contributed by atoms with E-state index in [0.717, 1.165) is 6.04 Å². The molecule has 1 aliphatic carbocycles. The maximum atomic E-state index is 3.58. The molecule has 1 nitrogen and oxygen atoms in total. The van der Waals surface area contributed by atoms with Gasteiger partial charge in [0.25, 0.3) is 0 Å². The third-order valence-electron chi connectivity index (χ3n) is 2.17. The van der Waals surface area contributed by atoms with Gasteiger partial charge in [-0.25, -0.2) is 0 Å². The molecule has 0 bridgehead atoms. The van der Waals surface area contributed by atoms with Gasteiger partial charge in [0.05, 0.1) is 0 Å². The smallest absolute Gasteiger partial charge is 1.00 e. The van der Waals surface area contributed by atoms with Crippen LogP contribution in [0.3, 0.4) is 0 Å². The second-order valence-corrected chi connectivity index (χ2v) is 3.66. The number of nitrogens with one attached hydrogen (secondary N) is 1. The Balaban J connectivity index is 0. The van der Waals surface area contributed by atoms with E-state index in [1.807, 2.05) is 0 Å². The van der Waals surface area contributed by atoms with Crippen LogP contribution in [0.25, 0.3) is 0 Å². The molecule has 1 rings (SSSR count). The summed E-state index contributed by atoms with van der Waals surface area (Å²) in [6.07, 6.45) is 7.13. The zero-order valence-electron chi connectivity index (χ0n) is 9.19. The fraction of sp³-hybridized carbons (Fsp3) is 1.00. The number of hydrogen-bond donors (Lipinski definition) is 1. The third-order valence-corrected chi connectivity index (χ3v) is 2.17. The zero-order chi connectivity index (χ0) is 7.40. The fourth-order valence-electron chi connectivity index (χ4n) is 1.74. The fourth-order valence-corrected chi connectivity index (χ4v) is 1.74. The Morgan fingerprint density at radius 2 is 1.73 bits per heavy atom. The van der Waals surface area contributed by atoms with Crippen LogP contribution < -0.4 is 24.2 Å². The molecule has 1 saturated carbocycles. The minimum absolute atomic E-state index is 0. The standard InChI is InChI=1S/C9H19N.Li.H/c1-8(2)10-9-6-4-3-5-7-9;;/h8-10H,3-7H2,1-2H3;;/q;+1;-1. The van der Waals surface area contributed by atoms with Crippen molar-refractivity contribution in [3.63, 3.8) is 0 Å². The molecule has 1 N–H and O–H groups in total. The van der Waals surface area contributed by atoms with Crippen molar-refractivity contribution in [1.29, 1.82) is 0 Å². The van der Waals surface area contributed by atoms with Gasteiger partial charge in [0.2, 0.25) is 0 Å². The van der Waals surface area contributed by atoms with Crippen LogP contribution in [0, 0.1) is 0 Å². The van der Waals surface area contributed by atoms with Crippen LogP contribution >= 0.6 is 0 Å². The van der Waals surface area contributed by atoms with Crippen LogP contribution in [0.2, 0.25) is 0 Å². The van der Waals surface area contributed by atoms with Crippen molar-refractivity contribution >= 4 is 0 Å². The van der Waals surface area contributed by atoms with Gasteiger partial charge < -0.3 is 6.74 Å². The van der Waals surface area contributed by atoms with Crippen LogP contribution in [0.1, 0.15) is 47.4 Å². The molecule has 0 radical (unpaired) electrons. The first-order chi connectivity index (χ1) is 4.79. The molecule has 0 saturated heterocycles. The Morgan fingerprint density at radius 1 is 1.18 bits per heavy atom. The average Bonchev–Trinajstić information content (AvgIpc) is 1.88. The molecule has 0 aromatic carbocycles. The Labute approximate surface area is 84.0 Å². The molecule has 1 fully saturated rings. The number of hydrogen-bond acceptors (Lipinski definition) is 1. The van der Waals surface area contributed by atoms with Gasteiger partial charge in [-0.3, -0.25) is 0 Å². The van der Waals surface area contributed by atoms with E-state index >= 15 is 0 Å². The van der Waals surface area contributed by atoms with Crippen LogP contribution in [0.5, 0.6) is 0 Å². The van der Waals surface area contributed by atoms with Gasteiger partial charge in [0.1, 0.15) is 0 Å². The van der Waals surface area contributed by atoms with Crippen molar-refractivity contribution in [2.45, 2.75) is 58.0 Å². The Kier molecular flexibility index (Phi) is 6.43. The van der Waals surface area contributed by atoms with Crippen molar-refractivity contribution in [3.8, 4) is 0 Å². The normalized spacial score (nSPS) is 19.9. The van der Waals surface area contributed by atoms with Gasteiger partial charge in [-0.15, -0.1) is 0 Å². The van der Waals surface area contributed by atoms with E-state index < -0.39 is 0 Å². The van der Waals surface area contributed by atoms with Gasteiger partial charge in [-0.05, 0) is 12.8 Å². The van der Waals surface area contributed by atoms with Crippen LogP contribution in [0.4, 0.5) is 0 Å². The molecule has 0 spiro atoms. The summed E-state index contributed by atoms with van der Waals surface area (Å²) in [6.45, 7) is 4.46. The summed E-state index contributed by atoms with van der Waals surface area (Å²) in [5, 5.41) is 3.58. The topological polar surface area (TPSA) is 12.0 Å². The molecule has 0 heterocycles. The quantitative estimate of drug-likeness (QED) is 0.519. The third kappa shape index (κ3) is 4.90. The van der Waals surface area contributed by atoms with Crippen LogP contribution in [-0.4, -0.2) is 12.1 Å². The van der Waals surface area contributed by atoms with Crippen LogP contribution in [0.15, 0.2) is 0 Å². The largest absolute Gasteiger partial charge is 1.00 e. The van der Waals surface area contributed by atoms with E-state index in [1.165, 1.54) is 32.1 Å². The predicted molar refractivity (Wildman–Crippen MR) is 46.3 cm³/mol. The maximum absolute atomic E-state index is 3.58. The predicted octanol–water partition coefficient (Wildman–Crippen LogP) is -0.566. The minimum atomic E-state index is 0. The summed E-state index contributed by atoms with van der Waals surface area (Å²) in [4.78, 5) is 0. The summed E-state index contributed by atoms with van der Waals surface area (Å²) in [5.74, 6) is 0. The number of rotatable bonds is 2. The van der Waals surface area contributed by atoms with Crippen LogP contribution in [-0.2, 0) is 0 Å². The molecule has 0 amide bonds. The van der Waals surface area contributed by atoms with E-state index in [9.17, 15) is 0 Å². The van der Waals surface area contributed by atoms with Gasteiger partial charge >= 0.3 is 18.9 Å². The molecular formula is C9H20LiN. The second-order valence-electron chi connectivity index (χ2n) is 3.66. The summed E-state index contributed by atoms with van der Waals surface area (Å²) >= 11 is 0. The van der Waals surface area contributed by atoms with Crippen molar-refractivity contribution in [1.82, 2.24) is 5.32 Å². The van der Waals surface area contributed by atoms with E-state index in [1.54, 1.807) is 0 Å². The van der Waals surface area contributed by atoms with Gasteiger partial charge in [-0.2, -0.15) is 0 Å². The minimum Gasteiger partial charge on any atom is -1.00 e. The van der Waals surface area contributed by atoms with Crippen molar-refractivity contribution in [2.75, 3.05) is 0 Å². The summed E-state index contributed by atoms with van der Waals surface area (Å²) in [7, 11) is 0. The van der Waals surface area contributed by atoms with Crippen molar-refractivity contribution in [2.24, 2.45) is 0 Å². The second kappa shape index (κ2) is 6.12. The van der Waals surface area contributed by atoms with E-state index in [2.05, 4.69) is 19.2 Å². The van der Waals surface area contributed by atoms with E-state index in [0.29, 0.717) is 6.04 Å². The first kappa shape index (κ1) is 11.6. The van der Waals surface area contributed by atoms with Gasteiger partial charge in [-0.1, -0.05) is 33.1 Å². The molecule has 0 atom stereocenters. The van der Waals surface area contributed by atoms with E-state index in [4.69, 9.17) is 0 Å². The summed E-state index contributed by atoms with van der Waals surface area (Å²) in [6, 6.07) is 1.50. The van der Waals surface area contributed by atoms with Crippen molar-refractivity contribution < 1.29 is 20.3 Å². The molecule has 0 aromatic rings. The first-order valence-electron chi connectivity index (χ1n) is 4.55. The maximum Gasteiger partial charge on any atom is 1.00 e. The van der Waals surface area contributed by atoms with Gasteiger partial charge in [0, 0.05) is 12.1 Å². The molecule has 2 heteroatoms. The molecule has 0 aromatic heterocycles. The molecule has 0 aliphatic heterocycles. The van der Waals surface area contributed by atoms with Gasteiger partial charge in [0.15, 0.2) is 0 Å². The summed E-state index contributed by atoms with van der Waals surface area (Å²) in [5.41, 5.74) is 0. The SMILES string of the molecule is CC(C)NC1CCCCC1.[H-].[Li+]. The first-order valence-corrected chi connectivity index (χ1v) is 4.55. The van der Waals surface area contributed by atoms with E-state index in [-0.39, 0.29) is 20.3 Å². The molecule has 11 heavy (non-hydrogen) atoms. The average molecular weight is 149 g/mol. The van der Waals surface area contributed by atoms with Crippen molar-refractivity contribution in [3.05, 3.63) is 0 Å². The molecule has 0 unspecified atom stereocenters. The Morgan fingerprint density at radius 3 is 2.18 bits per heavy atom. The summed E-state index contributed by atoms with van der Waals surface area (Å²) < 4.78 is 0. The molecular weight excluding hydrogens is 129 g/mol. The molecule has 62 valence electrons. The zero-order valence-corrected chi connectivity index (χ0v) is 8.19. The molecule has 1 aliphatic rings. The Bertz CT molecular complexity index is 92.5.